The van der Waals surface area contributed by atoms with Crippen molar-refractivity contribution in [1.82, 2.24) is 0 Å². The van der Waals surface area contributed by atoms with Crippen LogP contribution in [0.15, 0.2) is 45.3 Å². The fourth-order valence-electron chi connectivity index (χ4n) is 1.65. The highest BCUT2D eigenvalue weighted by atomic mass is 79.9. The number of nitriles is 1. The maximum Gasteiger partial charge on any atom is 0.123 e. The molecule has 2 aromatic carbocycles. The Balaban J connectivity index is 0.000000220. The lowest BCUT2D eigenvalue weighted by Crippen LogP contribution is -2.03. The number of rotatable bonds is 3. The van der Waals surface area contributed by atoms with Gasteiger partial charge in [-0.3, -0.25) is 0 Å². The zero-order valence-electron chi connectivity index (χ0n) is 11.6. The Hall–Kier alpha value is -1.29. The molecular weight excluding hydrogens is 418 g/mol. The average Bonchev–Trinajstić information content (AvgIpc) is 2.48. The molecule has 0 radical (unpaired) electrons. The van der Waals surface area contributed by atoms with Crippen LogP contribution in [-0.2, 0) is 12.8 Å². The van der Waals surface area contributed by atoms with E-state index in [0.29, 0.717) is 18.5 Å². The second-order valence-electron chi connectivity index (χ2n) is 4.35. The van der Waals surface area contributed by atoms with E-state index in [0.717, 1.165) is 14.5 Å². The van der Waals surface area contributed by atoms with Crippen LogP contribution in [0.3, 0.4) is 0 Å². The highest BCUT2D eigenvalue weighted by Crippen LogP contribution is 2.18. The summed E-state index contributed by atoms with van der Waals surface area (Å²) < 4.78 is 26.8. The molecule has 0 spiro atoms. The zero-order valence-corrected chi connectivity index (χ0v) is 14.8. The van der Waals surface area contributed by atoms with Gasteiger partial charge in [-0.15, -0.1) is 0 Å². The molecule has 0 bridgehead atoms. The SMILES string of the molecule is N#CCc1cc(F)ccc1Br.NCCc1cc(F)ccc1Br. The van der Waals surface area contributed by atoms with Crippen LogP contribution in [0.2, 0.25) is 0 Å². The normalized spacial score (nSPS) is 9.64. The van der Waals surface area contributed by atoms with Crippen molar-refractivity contribution in [3.05, 3.63) is 68.1 Å². The van der Waals surface area contributed by atoms with Gasteiger partial charge in [0.1, 0.15) is 11.6 Å². The van der Waals surface area contributed by atoms with Crippen molar-refractivity contribution in [3.8, 4) is 6.07 Å². The maximum atomic E-state index is 12.6. The van der Waals surface area contributed by atoms with E-state index in [1.165, 1.54) is 24.3 Å². The number of nitrogens with two attached hydrogens (primary N) is 1. The molecule has 0 aliphatic rings. The summed E-state index contributed by atoms with van der Waals surface area (Å²) in [5, 5.41) is 8.34. The Kier molecular flexibility index (Phi) is 8.25. The Bertz CT molecular complexity index is 670. The molecule has 6 heteroatoms. The Labute approximate surface area is 145 Å². The molecule has 2 aromatic rings. The lowest BCUT2D eigenvalue weighted by atomic mass is 10.1. The van der Waals surface area contributed by atoms with E-state index in [2.05, 4.69) is 31.9 Å². The molecule has 22 heavy (non-hydrogen) atoms. The quantitative estimate of drug-likeness (QED) is 0.762. The summed E-state index contributed by atoms with van der Waals surface area (Å²) in [6.07, 6.45) is 0.941. The van der Waals surface area contributed by atoms with Gasteiger partial charge in [-0.2, -0.15) is 5.26 Å². The van der Waals surface area contributed by atoms with Gasteiger partial charge in [0.05, 0.1) is 12.5 Å². The third kappa shape index (κ3) is 6.22. The molecular formula is C16H14Br2F2N2. The summed E-state index contributed by atoms with van der Waals surface area (Å²) >= 11 is 6.52. The predicted molar refractivity (Wildman–Crippen MR) is 90.3 cm³/mol. The van der Waals surface area contributed by atoms with Crippen LogP contribution in [0, 0.1) is 23.0 Å². The molecule has 0 amide bonds. The second-order valence-corrected chi connectivity index (χ2v) is 6.05. The van der Waals surface area contributed by atoms with Gasteiger partial charge in [0, 0.05) is 8.95 Å². The Morgan fingerprint density at radius 2 is 1.45 bits per heavy atom. The number of hydrogen-bond donors (Lipinski definition) is 1. The molecule has 2 rings (SSSR count). The van der Waals surface area contributed by atoms with Crippen LogP contribution in [0.4, 0.5) is 8.78 Å². The fourth-order valence-corrected chi connectivity index (χ4v) is 2.49. The van der Waals surface area contributed by atoms with Gasteiger partial charge < -0.3 is 5.73 Å². The van der Waals surface area contributed by atoms with Crippen LogP contribution in [0.1, 0.15) is 11.1 Å². The van der Waals surface area contributed by atoms with Crippen LogP contribution < -0.4 is 5.73 Å². The standard InChI is InChI=1S/C8H9BrFN.C8H5BrFN/c2*9-8-2-1-7(10)5-6(8)3-4-11/h1-2,5H,3-4,11H2;1-2,5H,3H2. The lowest BCUT2D eigenvalue weighted by Gasteiger charge is -2.01. The summed E-state index contributed by atoms with van der Waals surface area (Å²) in [4.78, 5) is 0. The van der Waals surface area contributed by atoms with Crippen molar-refractivity contribution >= 4 is 31.9 Å². The smallest absolute Gasteiger partial charge is 0.123 e. The molecule has 116 valence electrons. The molecule has 0 aromatic heterocycles. The van der Waals surface area contributed by atoms with E-state index in [4.69, 9.17) is 11.0 Å². The topological polar surface area (TPSA) is 49.8 Å². The molecule has 0 atom stereocenters. The first-order valence-corrected chi connectivity index (χ1v) is 8.01. The largest absolute Gasteiger partial charge is 0.330 e. The summed E-state index contributed by atoms with van der Waals surface area (Å²) in [6, 6.07) is 10.9. The van der Waals surface area contributed by atoms with E-state index in [9.17, 15) is 8.78 Å². The minimum atomic E-state index is -0.307. The van der Waals surface area contributed by atoms with Crippen molar-refractivity contribution in [2.24, 2.45) is 5.73 Å². The molecule has 2 nitrogen and oxygen atoms in total. The summed E-state index contributed by atoms with van der Waals surface area (Å²) in [5.41, 5.74) is 6.95. The first-order chi connectivity index (χ1) is 10.5. The molecule has 0 aliphatic heterocycles. The third-order valence-electron chi connectivity index (χ3n) is 2.70. The first-order valence-electron chi connectivity index (χ1n) is 6.42. The predicted octanol–water partition coefficient (Wildman–Crippen LogP) is 4.74. The van der Waals surface area contributed by atoms with Crippen molar-refractivity contribution in [2.45, 2.75) is 12.8 Å². The van der Waals surface area contributed by atoms with E-state index in [1.807, 2.05) is 6.07 Å². The molecule has 2 N–H and O–H groups in total. The fraction of sp³-hybridized carbons (Fsp3) is 0.188. The van der Waals surface area contributed by atoms with Crippen molar-refractivity contribution < 1.29 is 8.78 Å². The van der Waals surface area contributed by atoms with Gasteiger partial charge in [0.25, 0.3) is 0 Å². The third-order valence-corrected chi connectivity index (χ3v) is 4.25. The Morgan fingerprint density at radius 1 is 0.955 bits per heavy atom. The molecule has 0 unspecified atom stereocenters. The minimum absolute atomic E-state index is 0.211. The second kappa shape index (κ2) is 9.67. The molecule has 0 heterocycles. The van der Waals surface area contributed by atoms with Gasteiger partial charge in [0.15, 0.2) is 0 Å². The van der Waals surface area contributed by atoms with Crippen LogP contribution >= 0.6 is 31.9 Å². The zero-order chi connectivity index (χ0) is 16.5. The van der Waals surface area contributed by atoms with Crippen LogP contribution in [-0.4, -0.2) is 6.54 Å². The van der Waals surface area contributed by atoms with E-state index >= 15 is 0 Å². The Morgan fingerprint density at radius 3 is 1.95 bits per heavy atom. The minimum Gasteiger partial charge on any atom is -0.330 e. The van der Waals surface area contributed by atoms with Gasteiger partial charge in [0.2, 0.25) is 0 Å². The highest BCUT2D eigenvalue weighted by Gasteiger charge is 2.00. The number of halogens is 4. The van der Waals surface area contributed by atoms with Crippen molar-refractivity contribution in [1.29, 1.82) is 5.26 Å². The van der Waals surface area contributed by atoms with Gasteiger partial charge in [-0.25, -0.2) is 8.78 Å². The molecule has 0 aliphatic carbocycles. The van der Waals surface area contributed by atoms with Crippen molar-refractivity contribution in [3.63, 3.8) is 0 Å². The van der Waals surface area contributed by atoms with Gasteiger partial charge in [-0.1, -0.05) is 31.9 Å². The highest BCUT2D eigenvalue weighted by molar-refractivity contribution is 9.10. The van der Waals surface area contributed by atoms with Gasteiger partial charge in [-0.05, 0) is 60.5 Å². The summed E-state index contributed by atoms with van der Waals surface area (Å²) in [5.74, 6) is -0.518. The van der Waals surface area contributed by atoms with Crippen LogP contribution in [0.25, 0.3) is 0 Å². The summed E-state index contributed by atoms with van der Waals surface area (Å²) in [7, 11) is 0. The summed E-state index contributed by atoms with van der Waals surface area (Å²) in [6.45, 7) is 0.544. The van der Waals surface area contributed by atoms with E-state index < -0.39 is 0 Å². The lowest BCUT2D eigenvalue weighted by molar-refractivity contribution is 0.624. The number of hydrogen-bond acceptors (Lipinski definition) is 2. The molecule has 0 saturated carbocycles. The average molecular weight is 432 g/mol. The molecule has 0 fully saturated rings. The van der Waals surface area contributed by atoms with E-state index in [1.54, 1.807) is 12.1 Å². The van der Waals surface area contributed by atoms with E-state index in [-0.39, 0.29) is 18.1 Å². The number of nitrogens with zero attached hydrogens (tertiary/aromatic N) is 1. The van der Waals surface area contributed by atoms with Gasteiger partial charge >= 0.3 is 0 Å². The monoisotopic (exact) mass is 430 g/mol. The van der Waals surface area contributed by atoms with Crippen molar-refractivity contribution in [2.75, 3.05) is 6.54 Å². The first kappa shape index (κ1) is 18.8. The number of benzene rings is 2. The molecule has 0 saturated heterocycles. The maximum absolute atomic E-state index is 12.6. The van der Waals surface area contributed by atoms with Crippen LogP contribution in [0.5, 0.6) is 0 Å².